The van der Waals surface area contributed by atoms with E-state index in [2.05, 4.69) is 4.98 Å². The first kappa shape index (κ1) is 10.8. The Balaban J connectivity index is 2.84. The zero-order valence-corrected chi connectivity index (χ0v) is 9.12. The Hall–Kier alpha value is -1.75. The Kier molecular flexibility index (Phi) is 2.70. The van der Waals surface area contributed by atoms with Crippen molar-refractivity contribution in [1.82, 2.24) is 9.55 Å². The molecule has 2 rings (SSSR count). The first-order chi connectivity index (χ1) is 7.63. The van der Waals surface area contributed by atoms with Crippen molar-refractivity contribution in [1.29, 1.82) is 0 Å². The first-order valence-electron chi connectivity index (χ1n) is 4.72. The molecule has 1 heterocycles. The maximum atomic E-state index is 11.9. The molecule has 16 heavy (non-hydrogen) atoms. The summed E-state index contributed by atoms with van der Waals surface area (Å²) in [7, 11) is 0. The molecular formula is C10H10ClN3O2. The van der Waals surface area contributed by atoms with Gasteiger partial charge in [-0.25, -0.2) is 4.79 Å². The third kappa shape index (κ3) is 1.69. The molecule has 0 amide bonds. The molecule has 3 N–H and O–H groups in total. The van der Waals surface area contributed by atoms with Crippen molar-refractivity contribution in [2.45, 2.75) is 6.54 Å². The van der Waals surface area contributed by atoms with Crippen LogP contribution in [-0.4, -0.2) is 15.4 Å². The predicted molar refractivity (Wildman–Crippen MR) is 64.0 cm³/mol. The molecule has 5 nitrogen and oxygen atoms in total. The van der Waals surface area contributed by atoms with Crippen LogP contribution < -0.4 is 17.0 Å². The summed E-state index contributed by atoms with van der Waals surface area (Å²) in [6.45, 7) is 0.191. The third-order valence-electron chi connectivity index (χ3n) is 2.31. The second-order valence-corrected chi connectivity index (χ2v) is 3.76. The number of nitrogen functional groups attached to an aromatic ring is 1. The molecule has 0 saturated heterocycles. The fraction of sp³-hybridized carbons (Fsp3) is 0.200. The van der Waals surface area contributed by atoms with E-state index in [0.717, 1.165) is 4.57 Å². The molecule has 0 bridgehead atoms. The number of rotatable bonds is 2. The second kappa shape index (κ2) is 4.02. The molecule has 0 aliphatic carbocycles. The van der Waals surface area contributed by atoms with Gasteiger partial charge in [-0.2, -0.15) is 0 Å². The van der Waals surface area contributed by atoms with Gasteiger partial charge in [0.2, 0.25) is 0 Å². The van der Waals surface area contributed by atoms with Crippen LogP contribution in [0.25, 0.3) is 10.9 Å². The van der Waals surface area contributed by atoms with Crippen molar-refractivity contribution in [3.05, 3.63) is 39.0 Å². The van der Waals surface area contributed by atoms with Crippen LogP contribution in [-0.2, 0) is 6.54 Å². The van der Waals surface area contributed by atoms with E-state index in [1.54, 1.807) is 18.2 Å². The number of alkyl halides is 1. The molecule has 84 valence electrons. The van der Waals surface area contributed by atoms with Crippen molar-refractivity contribution < 1.29 is 0 Å². The maximum absolute atomic E-state index is 11.9. The molecule has 6 heteroatoms. The predicted octanol–water partition coefficient (Wildman–Crippen LogP) is 0.511. The summed E-state index contributed by atoms with van der Waals surface area (Å²) in [4.78, 5) is 26.1. The monoisotopic (exact) mass is 239 g/mol. The lowest BCUT2D eigenvalue weighted by molar-refractivity contribution is 0.688. The van der Waals surface area contributed by atoms with Crippen molar-refractivity contribution in [3.63, 3.8) is 0 Å². The SMILES string of the molecule is Nc1ccc2c(=O)n(CCCl)c(=O)[nH]c2c1. The smallest absolute Gasteiger partial charge is 0.328 e. The number of hydrogen-bond donors (Lipinski definition) is 2. The van der Waals surface area contributed by atoms with Crippen LogP contribution in [0.4, 0.5) is 5.69 Å². The van der Waals surface area contributed by atoms with Crippen LogP contribution in [0.1, 0.15) is 0 Å². The standard InChI is InChI=1S/C10H10ClN3O2/c11-3-4-14-9(15)7-2-1-6(12)5-8(7)13-10(14)16/h1-2,5H,3-4,12H2,(H,13,16). The van der Waals surface area contributed by atoms with Crippen LogP contribution >= 0.6 is 11.6 Å². The van der Waals surface area contributed by atoms with E-state index >= 15 is 0 Å². The van der Waals surface area contributed by atoms with Crippen molar-refractivity contribution in [2.24, 2.45) is 0 Å². The van der Waals surface area contributed by atoms with Gasteiger partial charge in [0.05, 0.1) is 10.9 Å². The lowest BCUT2D eigenvalue weighted by atomic mass is 10.2. The molecular weight excluding hydrogens is 230 g/mol. The van der Waals surface area contributed by atoms with Gasteiger partial charge in [-0.15, -0.1) is 11.6 Å². The van der Waals surface area contributed by atoms with E-state index in [0.29, 0.717) is 16.6 Å². The Labute approximate surface area is 95.5 Å². The minimum Gasteiger partial charge on any atom is -0.399 e. The first-order valence-corrected chi connectivity index (χ1v) is 5.25. The summed E-state index contributed by atoms with van der Waals surface area (Å²) in [5.74, 6) is 0.212. The van der Waals surface area contributed by atoms with Crippen molar-refractivity contribution in [3.8, 4) is 0 Å². The summed E-state index contributed by atoms with van der Waals surface area (Å²) >= 11 is 5.52. The second-order valence-electron chi connectivity index (χ2n) is 3.38. The molecule has 0 radical (unpaired) electrons. The van der Waals surface area contributed by atoms with Crippen LogP contribution in [0, 0.1) is 0 Å². The minimum absolute atomic E-state index is 0.191. The lowest BCUT2D eigenvalue weighted by Gasteiger charge is -2.04. The number of aromatic amines is 1. The number of anilines is 1. The van der Waals surface area contributed by atoms with Gasteiger partial charge in [0.15, 0.2) is 0 Å². The molecule has 0 unspecified atom stereocenters. The average molecular weight is 240 g/mol. The van der Waals surface area contributed by atoms with Crippen molar-refractivity contribution in [2.75, 3.05) is 11.6 Å². The molecule has 0 aliphatic rings. The van der Waals surface area contributed by atoms with Gasteiger partial charge >= 0.3 is 5.69 Å². The van der Waals surface area contributed by atoms with Crippen LogP contribution in [0.15, 0.2) is 27.8 Å². The Bertz CT molecular complexity index is 645. The summed E-state index contributed by atoms with van der Waals surface area (Å²) in [6, 6.07) is 4.77. The number of nitrogens with two attached hydrogens (primary N) is 1. The zero-order chi connectivity index (χ0) is 11.7. The number of fused-ring (bicyclic) bond motifs is 1. The summed E-state index contributed by atoms with van der Waals surface area (Å²) < 4.78 is 1.07. The molecule has 0 saturated carbocycles. The quantitative estimate of drug-likeness (QED) is 0.592. The Morgan fingerprint density at radius 2 is 2.12 bits per heavy atom. The molecule has 1 aromatic heterocycles. The number of hydrogen-bond acceptors (Lipinski definition) is 3. The van der Waals surface area contributed by atoms with Gasteiger partial charge in [0.1, 0.15) is 0 Å². The lowest BCUT2D eigenvalue weighted by Crippen LogP contribution is -2.35. The van der Waals surface area contributed by atoms with E-state index < -0.39 is 5.69 Å². The molecule has 1 aromatic carbocycles. The number of aromatic nitrogens is 2. The summed E-state index contributed by atoms with van der Waals surface area (Å²) in [5, 5.41) is 0.430. The van der Waals surface area contributed by atoms with Gasteiger partial charge < -0.3 is 10.7 Å². The highest BCUT2D eigenvalue weighted by Gasteiger charge is 2.06. The minimum atomic E-state index is -0.469. The number of halogens is 1. The van der Waals surface area contributed by atoms with E-state index in [9.17, 15) is 9.59 Å². The molecule has 0 fully saturated rings. The molecule has 0 aliphatic heterocycles. The van der Waals surface area contributed by atoms with Crippen LogP contribution in [0.5, 0.6) is 0 Å². The van der Waals surface area contributed by atoms with Crippen LogP contribution in [0.2, 0.25) is 0 Å². The van der Waals surface area contributed by atoms with Crippen LogP contribution in [0.3, 0.4) is 0 Å². The van der Waals surface area contributed by atoms with E-state index in [1.165, 1.54) is 0 Å². The third-order valence-corrected chi connectivity index (χ3v) is 2.48. The fourth-order valence-corrected chi connectivity index (χ4v) is 1.73. The molecule has 0 spiro atoms. The number of H-pyrrole nitrogens is 1. The average Bonchev–Trinajstić information content (AvgIpc) is 2.23. The zero-order valence-electron chi connectivity index (χ0n) is 8.37. The number of nitrogens with one attached hydrogen (secondary N) is 1. The molecule has 2 aromatic rings. The summed E-state index contributed by atoms with van der Waals surface area (Å²) in [5.41, 5.74) is 5.70. The largest absolute Gasteiger partial charge is 0.399 e. The van der Waals surface area contributed by atoms with E-state index in [1.807, 2.05) is 0 Å². The van der Waals surface area contributed by atoms with Gasteiger partial charge in [-0.1, -0.05) is 0 Å². The number of benzene rings is 1. The maximum Gasteiger partial charge on any atom is 0.328 e. The van der Waals surface area contributed by atoms with Gasteiger partial charge in [0.25, 0.3) is 5.56 Å². The highest BCUT2D eigenvalue weighted by molar-refractivity contribution is 6.17. The van der Waals surface area contributed by atoms with E-state index in [-0.39, 0.29) is 18.0 Å². The molecule has 0 atom stereocenters. The van der Waals surface area contributed by atoms with Gasteiger partial charge in [-0.05, 0) is 18.2 Å². The number of nitrogens with zero attached hydrogens (tertiary/aromatic N) is 1. The summed E-state index contributed by atoms with van der Waals surface area (Å²) in [6.07, 6.45) is 0. The fourth-order valence-electron chi connectivity index (χ4n) is 1.56. The Morgan fingerprint density at radius 1 is 1.38 bits per heavy atom. The van der Waals surface area contributed by atoms with Crippen molar-refractivity contribution >= 4 is 28.2 Å². The highest BCUT2D eigenvalue weighted by Crippen LogP contribution is 2.09. The topological polar surface area (TPSA) is 80.9 Å². The highest BCUT2D eigenvalue weighted by atomic mass is 35.5. The normalized spacial score (nSPS) is 10.8. The van der Waals surface area contributed by atoms with Gasteiger partial charge in [0, 0.05) is 18.1 Å². The Morgan fingerprint density at radius 3 is 2.81 bits per heavy atom. The van der Waals surface area contributed by atoms with E-state index in [4.69, 9.17) is 17.3 Å². The van der Waals surface area contributed by atoms with Gasteiger partial charge in [-0.3, -0.25) is 9.36 Å².